The van der Waals surface area contributed by atoms with Gasteiger partial charge in [-0.15, -0.1) is 11.8 Å². The Morgan fingerprint density at radius 3 is 2.12 bits per heavy atom. The molecule has 2 rings (SSSR count). The number of carboxylic acids is 1. The van der Waals surface area contributed by atoms with Crippen molar-refractivity contribution in [2.45, 2.75) is 12.5 Å². The van der Waals surface area contributed by atoms with E-state index in [1.54, 1.807) is 24.3 Å². The molecule has 5 nitrogen and oxygen atoms in total. The lowest BCUT2D eigenvalue weighted by atomic mass is 10.1. The van der Waals surface area contributed by atoms with E-state index in [2.05, 4.69) is 0 Å². The Balaban J connectivity index is 1.88. The highest BCUT2D eigenvalue weighted by atomic mass is 32.2. The number of thioether (sulfide) groups is 1. The minimum atomic E-state index is -1.05. The number of nitrogens with zero attached hydrogens (tertiary/aromatic N) is 1. The maximum atomic E-state index is 12.3. The molecular weight excluding hydrogens is 350 g/mol. The predicted molar refractivity (Wildman–Crippen MR) is 102 cm³/mol. The molecule has 0 aromatic heterocycles. The van der Waals surface area contributed by atoms with Crippen molar-refractivity contribution in [2.24, 2.45) is 0 Å². The summed E-state index contributed by atoms with van der Waals surface area (Å²) in [5.74, 6) is -1.16. The van der Waals surface area contributed by atoms with E-state index in [1.165, 1.54) is 23.7 Å². The van der Waals surface area contributed by atoms with Crippen LogP contribution in [-0.4, -0.2) is 52.3 Å². The molecule has 0 saturated heterocycles. The number of aliphatic carboxylic acids is 1. The minimum Gasteiger partial charge on any atom is -0.480 e. The zero-order valence-electron chi connectivity index (χ0n) is 14.5. The largest absolute Gasteiger partial charge is 0.480 e. The van der Waals surface area contributed by atoms with E-state index < -0.39 is 12.0 Å². The highest BCUT2D eigenvalue weighted by molar-refractivity contribution is 8.00. The number of hydrogen-bond donors (Lipinski definition) is 1. The fourth-order valence-corrected chi connectivity index (χ4v) is 3.27. The molecule has 26 heavy (non-hydrogen) atoms. The van der Waals surface area contributed by atoms with E-state index in [0.717, 1.165) is 5.56 Å². The molecule has 0 heterocycles. The van der Waals surface area contributed by atoms with Crippen LogP contribution in [0.25, 0.3) is 0 Å². The van der Waals surface area contributed by atoms with Gasteiger partial charge in [-0.3, -0.25) is 9.59 Å². The van der Waals surface area contributed by atoms with Crippen LogP contribution in [-0.2, 0) is 16.0 Å². The lowest BCUT2D eigenvalue weighted by Gasteiger charge is -2.25. The molecule has 1 atom stereocenters. The Morgan fingerprint density at radius 2 is 1.54 bits per heavy atom. The normalized spacial score (nSPS) is 11.6. The zero-order valence-corrected chi connectivity index (χ0v) is 15.3. The molecule has 0 radical (unpaired) electrons. The Hall–Kier alpha value is -2.60. The van der Waals surface area contributed by atoms with E-state index in [1.807, 2.05) is 36.4 Å². The van der Waals surface area contributed by atoms with Crippen LogP contribution >= 0.6 is 11.8 Å². The van der Waals surface area contributed by atoms with Gasteiger partial charge in [-0.1, -0.05) is 60.7 Å². The quantitative estimate of drug-likeness (QED) is 0.686. The third-order valence-corrected chi connectivity index (χ3v) is 4.89. The predicted octanol–water partition coefficient (Wildman–Crippen LogP) is 2.76. The number of Topliss-reactive ketones (excluding diaryl/α,β-unsaturated/α-hetero) is 1. The molecule has 0 aliphatic heterocycles. The van der Waals surface area contributed by atoms with E-state index in [9.17, 15) is 19.5 Å². The number of hydrogen-bond acceptors (Lipinski definition) is 4. The third kappa shape index (κ3) is 5.74. The Kier molecular flexibility index (Phi) is 7.41. The lowest BCUT2D eigenvalue weighted by Crippen LogP contribution is -2.44. The molecule has 1 amide bonds. The first-order chi connectivity index (χ1) is 12.5. The van der Waals surface area contributed by atoms with Gasteiger partial charge in [0, 0.05) is 19.0 Å². The van der Waals surface area contributed by atoms with E-state index in [0.29, 0.717) is 5.56 Å². The minimum absolute atomic E-state index is 0.0508. The van der Waals surface area contributed by atoms with Crippen molar-refractivity contribution < 1.29 is 19.5 Å². The number of likely N-dealkylation sites (N-methyl/N-ethyl adjacent to an activating group) is 1. The molecule has 6 heteroatoms. The summed E-state index contributed by atoms with van der Waals surface area (Å²) in [6, 6.07) is 17.1. The third-order valence-electron chi connectivity index (χ3n) is 3.97. The summed E-state index contributed by atoms with van der Waals surface area (Å²) in [5, 5.41) is 9.46. The average molecular weight is 371 g/mol. The van der Waals surface area contributed by atoms with Crippen LogP contribution in [0.2, 0.25) is 0 Å². The second-order valence-electron chi connectivity index (χ2n) is 5.83. The molecular formula is C20H21NO4S. The van der Waals surface area contributed by atoms with Gasteiger partial charge in [0.05, 0.1) is 11.5 Å². The number of benzene rings is 2. The fourth-order valence-electron chi connectivity index (χ4n) is 2.44. The SMILES string of the molecule is CN(C(=O)CSCC(=O)c1ccccc1)C(Cc1ccccc1)C(=O)O. The molecule has 136 valence electrons. The first kappa shape index (κ1) is 19.7. The van der Waals surface area contributed by atoms with Crippen LogP contribution in [0.1, 0.15) is 15.9 Å². The van der Waals surface area contributed by atoms with Crippen molar-refractivity contribution in [1.29, 1.82) is 0 Å². The number of carbonyl (C=O) groups is 3. The van der Waals surface area contributed by atoms with E-state index >= 15 is 0 Å². The Bertz CT molecular complexity index is 749. The smallest absolute Gasteiger partial charge is 0.326 e. The van der Waals surface area contributed by atoms with Crippen molar-refractivity contribution >= 4 is 29.4 Å². The number of carbonyl (C=O) groups excluding carboxylic acids is 2. The molecule has 0 aliphatic rings. The molecule has 0 fully saturated rings. The van der Waals surface area contributed by atoms with Crippen LogP contribution in [0.5, 0.6) is 0 Å². The van der Waals surface area contributed by atoms with Crippen molar-refractivity contribution in [2.75, 3.05) is 18.6 Å². The van der Waals surface area contributed by atoms with Gasteiger partial charge in [0.15, 0.2) is 5.78 Å². The summed E-state index contributed by atoms with van der Waals surface area (Å²) in [4.78, 5) is 37.2. The van der Waals surface area contributed by atoms with Crippen LogP contribution < -0.4 is 0 Å². The summed E-state index contributed by atoms with van der Waals surface area (Å²) in [5.41, 5.74) is 1.46. The van der Waals surface area contributed by atoms with Gasteiger partial charge < -0.3 is 10.0 Å². The zero-order chi connectivity index (χ0) is 18.9. The van der Waals surface area contributed by atoms with Gasteiger partial charge >= 0.3 is 5.97 Å². The Morgan fingerprint density at radius 1 is 0.962 bits per heavy atom. The first-order valence-electron chi connectivity index (χ1n) is 8.17. The van der Waals surface area contributed by atoms with Crippen LogP contribution in [0.15, 0.2) is 60.7 Å². The summed E-state index contributed by atoms with van der Waals surface area (Å²) in [6.07, 6.45) is 0.242. The maximum absolute atomic E-state index is 12.3. The fraction of sp³-hybridized carbons (Fsp3) is 0.250. The van der Waals surface area contributed by atoms with Crippen LogP contribution in [0, 0.1) is 0 Å². The van der Waals surface area contributed by atoms with Crippen LogP contribution in [0.3, 0.4) is 0 Å². The molecule has 1 N–H and O–H groups in total. The molecule has 0 saturated carbocycles. The van der Waals surface area contributed by atoms with Crippen molar-refractivity contribution in [1.82, 2.24) is 4.90 Å². The molecule has 2 aromatic rings. The van der Waals surface area contributed by atoms with Crippen LogP contribution in [0.4, 0.5) is 0 Å². The number of carboxylic acid groups (broad SMARTS) is 1. The molecule has 2 aromatic carbocycles. The van der Waals surface area contributed by atoms with Gasteiger partial charge in [-0.05, 0) is 5.56 Å². The van der Waals surface area contributed by atoms with E-state index in [4.69, 9.17) is 0 Å². The molecule has 0 spiro atoms. The highest BCUT2D eigenvalue weighted by Crippen LogP contribution is 2.12. The van der Waals surface area contributed by atoms with E-state index in [-0.39, 0.29) is 29.6 Å². The lowest BCUT2D eigenvalue weighted by molar-refractivity contribution is -0.148. The topological polar surface area (TPSA) is 74.7 Å². The van der Waals surface area contributed by atoms with Crippen molar-refractivity contribution in [3.8, 4) is 0 Å². The number of rotatable bonds is 9. The van der Waals surface area contributed by atoms with Gasteiger partial charge in [-0.25, -0.2) is 4.79 Å². The second-order valence-corrected chi connectivity index (χ2v) is 6.82. The molecule has 1 unspecified atom stereocenters. The standard InChI is InChI=1S/C20H21NO4S/c1-21(17(20(24)25)12-15-8-4-2-5-9-15)19(23)14-26-13-18(22)16-10-6-3-7-11-16/h2-11,17H,12-14H2,1H3,(H,24,25). The Labute approximate surface area is 157 Å². The first-order valence-corrected chi connectivity index (χ1v) is 9.33. The molecule has 0 aliphatic carbocycles. The maximum Gasteiger partial charge on any atom is 0.326 e. The van der Waals surface area contributed by atoms with Crippen molar-refractivity contribution in [3.05, 3.63) is 71.8 Å². The monoisotopic (exact) mass is 371 g/mol. The number of amides is 1. The van der Waals surface area contributed by atoms with Gasteiger partial charge in [0.25, 0.3) is 0 Å². The van der Waals surface area contributed by atoms with Crippen molar-refractivity contribution in [3.63, 3.8) is 0 Å². The second kappa shape index (κ2) is 9.77. The average Bonchev–Trinajstić information content (AvgIpc) is 2.66. The number of ketones is 1. The van der Waals surface area contributed by atoms with Gasteiger partial charge in [0.1, 0.15) is 6.04 Å². The highest BCUT2D eigenvalue weighted by Gasteiger charge is 2.26. The molecule has 0 bridgehead atoms. The summed E-state index contributed by atoms with van der Waals surface area (Å²) in [7, 11) is 1.49. The van der Waals surface area contributed by atoms with Gasteiger partial charge in [-0.2, -0.15) is 0 Å². The van der Waals surface area contributed by atoms with Gasteiger partial charge in [0.2, 0.25) is 5.91 Å². The summed E-state index contributed by atoms with van der Waals surface area (Å²) < 4.78 is 0. The summed E-state index contributed by atoms with van der Waals surface area (Å²) >= 11 is 1.19. The summed E-state index contributed by atoms with van der Waals surface area (Å²) in [6.45, 7) is 0.